The Morgan fingerprint density at radius 2 is 1.62 bits per heavy atom. The molecule has 0 radical (unpaired) electrons. The minimum absolute atomic E-state index is 0.0955. The van der Waals surface area contributed by atoms with Crippen molar-refractivity contribution in [3.63, 3.8) is 0 Å². The maximum Gasteiger partial charge on any atom is 0.212 e. The average Bonchev–Trinajstić information content (AvgIpc) is 3.10. The Labute approximate surface area is 128 Å². The lowest BCUT2D eigenvalue weighted by molar-refractivity contribution is 0.0552. The van der Waals surface area contributed by atoms with Gasteiger partial charge in [-0.25, -0.2) is 13.1 Å². The Hall–Kier alpha value is -0.130. The highest BCUT2D eigenvalue weighted by molar-refractivity contribution is 7.89. The second-order valence-electron chi connectivity index (χ2n) is 8.09. The summed E-state index contributed by atoms with van der Waals surface area (Å²) in [6.45, 7) is 1.59. The smallest absolute Gasteiger partial charge is 0.212 e. The fourth-order valence-electron chi connectivity index (χ4n) is 5.06. The first-order chi connectivity index (χ1) is 10.0. The van der Waals surface area contributed by atoms with E-state index in [9.17, 15) is 8.42 Å². The summed E-state index contributed by atoms with van der Waals surface area (Å²) < 4.78 is 33.7. The number of fused-ring (bicyclic) bond motifs is 3. The molecule has 1 aliphatic heterocycles. The van der Waals surface area contributed by atoms with Gasteiger partial charge >= 0.3 is 0 Å². The number of hydrogen-bond donors (Lipinski definition) is 1. The maximum atomic E-state index is 12.6. The van der Waals surface area contributed by atoms with Gasteiger partial charge < -0.3 is 4.74 Å². The van der Waals surface area contributed by atoms with Gasteiger partial charge in [-0.1, -0.05) is 0 Å². The van der Waals surface area contributed by atoms with Crippen LogP contribution in [0.1, 0.15) is 57.8 Å². The quantitative estimate of drug-likeness (QED) is 0.867. The summed E-state index contributed by atoms with van der Waals surface area (Å²) in [5.74, 6) is 1.26. The van der Waals surface area contributed by atoms with E-state index in [0.717, 1.165) is 57.7 Å². The largest absolute Gasteiger partial charge is 0.381 e. The molecule has 2 bridgehead atoms. The lowest BCUT2D eigenvalue weighted by Crippen LogP contribution is -2.44. The van der Waals surface area contributed by atoms with Crippen LogP contribution in [0, 0.1) is 16.7 Å². The standard InChI is InChI=1S/C16H27NO3S/c18-21(19,12-15-4-1-13(2-5-15)3-6-15)17-14-11-16(14)7-9-20-10-8-16/h13-14,17H,1-12H2. The maximum absolute atomic E-state index is 12.6. The number of sulfonamides is 1. The number of nitrogens with one attached hydrogen (secondary N) is 1. The molecule has 1 saturated heterocycles. The first-order valence-corrected chi connectivity index (χ1v) is 10.2. The number of ether oxygens (including phenoxy) is 1. The van der Waals surface area contributed by atoms with Crippen LogP contribution in [-0.4, -0.2) is 33.4 Å². The average molecular weight is 313 g/mol. The van der Waals surface area contributed by atoms with E-state index in [-0.39, 0.29) is 16.9 Å². The van der Waals surface area contributed by atoms with E-state index in [1.54, 1.807) is 0 Å². The fraction of sp³-hybridized carbons (Fsp3) is 1.00. The van der Waals surface area contributed by atoms with Gasteiger partial charge in [0.2, 0.25) is 10.0 Å². The minimum atomic E-state index is -3.13. The van der Waals surface area contributed by atoms with Crippen LogP contribution in [0.2, 0.25) is 0 Å². The van der Waals surface area contributed by atoms with E-state index >= 15 is 0 Å². The summed E-state index contributed by atoms with van der Waals surface area (Å²) >= 11 is 0. The van der Waals surface area contributed by atoms with Gasteiger partial charge in [0, 0.05) is 19.3 Å². The Kier molecular flexibility index (Phi) is 3.40. The molecule has 1 atom stereocenters. The Balaban J connectivity index is 1.38. The van der Waals surface area contributed by atoms with E-state index in [1.165, 1.54) is 19.3 Å². The summed E-state index contributed by atoms with van der Waals surface area (Å²) in [5, 5.41) is 0. The Morgan fingerprint density at radius 3 is 2.24 bits per heavy atom. The monoisotopic (exact) mass is 313 g/mol. The lowest BCUT2D eigenvalue weighted by atomic mass is 9.62. The van der Waals surface area contributed by atoms with Gasteiger partial charge in [-0.15, -0.1) is 0 Å². The molecule has 4 nitrogen and oxygen atoms in total. The zero-order valence-electron chi connectivity index (χ0n) is 12.8. The van der Waals surface area contributed by atoms with Crippen molar-refractivity contribution in [3.05, 3.63) is 0 Å². The van der Waals surface area contributed by atoms with E-state index in [0.29, 0.717) is 5.75 Å². The van der Waals surface area contributed by atoms with Crippen LogP contribution in [0.15, 0.2) is 0 Å². The van der Waals surface area contributed by atoms with Crippen molar-refractivity contribution in [2.75, 3.05) is 19.0 Å². The second-order valence-corrected chi connectivity index (χ2v) is 9.84. The van der Waals surface area contributed by atoms with Crippen molar-refractivity contribution in [2.24, 2.45) is 16.7 Å². The van der Waals surface area contributed by atoms with Gasteiger partial charge in [0.1, 0.15) is 0 Å². The third-order valence-corrected chi connectivity index (χ3v) is 8.38. The predicted octanol–water partition coefficient (Wildman–Crippen LogP) is 2.45. The highest BCUT2D eigenvalue weighted by atomic mass is 32.2. The molecule has 1 heterocycles. The molecular weight excluding hydrogens is 286 g/mol. The summed E-state index contributed by atoms with van der Waals surface area (Å²) in [6, 6.07) is 0.183. The summed E-state index contributed by atoms with van der Waals surface area (Å²) in [7, 11) is -3.13. The SMILES string of the molecule is O=S(=O)(CC12CCC(CC1)CC2)NC1CC12CCOCC2. The molecule has 0 aromatic heterocycles. The van der Waals surface area contributed by atoms with Crippen molar-refractivity contribution < 1.29 is 13.2 Å². The van der Waals surface area contributed by atoms with Gasteiger partial charge in [-0.2, -0.15) is 0 Å². The van der Waals surface area contributed by atoms with Crippen molar-refractivity contribution in [3.8, 4) is 0 Å². The van der Waals surface area contributed by atoms with Gasteiger partial charge in [-0.05, 0) is 74.5 Å². The van der Waals surface area contributed by atoms with Crippen LogP contribution in [-0.2, 0) is 14.8 Å². The Morgan fingerprint density at radius 1 is 1.00 bits per heavy atom. The van der Waals surface area contributed by atoms with Crippen molar-refractivity contribution in [1.29, 1.82) is 0 Å². The molecule has 120 valence electrons. The molecule has 4 saturated carbocycles. The third-order valence-electron chi connectivity index (χ3n) is 6.75. The molecule has 0 aromatic rings. The number of rotatable bonds is 4. The molecule has 21 heavy (non-hydrogen) atoms. The summed E-state index contributed by atoms with van der Waals surface area (Å²) in [6.07, 6.45) is 10.2. The molecule has 5 rings (SSSR count). The molecule has 4 aliphatic carbocycles. The van der Waals surface area contributed by atoms with Crippen LogP contribution in [0.25, 0.3) is 0 Å². The van der Waals surface area contributed by atoms with Crippen molar-refractivity contribution >= 4 is 10.0 Å². The van der Waals surface area contributed by atoms with Gasteiger partial charge in [0.25, 0.3) is 0 Å². The van der Waals surface area contributed by atoms with E-state index in [2.05, 4.69) is 4.72 Å². The molecule has 0 amide bonds. The number of hydrogen-bond acceptors (Lipinski definition) is 3. The van der Waals surface area contributed by atoms with Crippen LogP contribution in [0.5, 0.6) is 0 Å². The first kappa shape index (κ1) is 14.5. The molecule has 5 aliphatic rings. The topological polar surface area (TPSA) is 55.4 Å². The Bertz CT molecular complexity index is 488. The van der Waals surface area contributed by atoms with E-state index in [4.69, 9.17) is 4.74 Å². The van der Waals surface area contributed by atoms with E-state index < -0.39 is 10.0 Å². The molecular formula is C16H27NO3S. The zero-order chi connectivity index (χ0) is 14.6. The molecule has 0 aromatic carbocycles. The second kappa shape index (κ2) is 4.93. The normalized spacial score (nSPS) is 41.3. The van der Waals surface area contributed by atoms with Crippen LogP contribution >= 0.6 is 0 Å². The predicted molar refractivity (Wildman–Crippen MR) is 81.4 cm³/mol. The zero-order valence-corrected chi connectivity index (χ0v) is 13.6. The van der Waals surface area contributed by atoms with Crippen LogP contribution < -0.4 is 4.72 Å². The van der Waals surface area contributed by atoms with Crippen molar-refractivity contribution in [1.82, 2.24) is 4.72 Å². The first-order valence-electron chi connectivity index (χ1n) is 8.59. The van der Waals surface area contributed by atoms with Gasteiger partial charge in [-0.3, -0.25) is 0 Å². The van der Waals surface area contributed by atoms with E-state index in [1.807, 2.05) is 0 Å². The van der Waals surface area contributed by atoms with Crippen LogP contribution in [0.4, 0.5) is 0 Å². The third kappa shape index (κ3) is 2.77. The van der Waals surface area contributed by atoms with Crippen LogP contribution in [0.3, 0.4) is 0 Å². The fourth-order valence-corrected chi connectivity index (χ4v) is 7.15. The van der Waals surface area contributed by atoms with Gasteiger partial charge in [0.15, 0.2) is 0 Å². The molecule has 1 spiro atoms. The van der Waals surface area contributed by atoms with Gasteiger partial charge in [0.05, 0.1) is 5.75 Å². The highest BCUT2D eigenvalue weighted by Gasteiger charge is 2.56. The molecule has 5 heteroatoms. The summed E-state index contributed by atoms with van der Waals surface area (Å²) in [4.78, 5) is 0. The highest BCUT2D eigenvalue weighted by Crippen LogP contribution is 2.54. The molecule has 1 N–H and O–H groups in total. The summed E-state index contributed by atoms with van der Waals surface area (Å²) in [5.41, 5.74) is 0.325. The molecule has 1 unspecified atom stereocenters. The van der Waals surface area contributed by atoms with Crippen molar-refractivity contribution in [2.45, 2.75) is 63.8 Å². The lowest BCUT2D eigenvalue weighted by Gasteiger charge is -2.46. The minimum Gasteiger partial charge on any atom is -0.381 e. The molecule has 5 fully saturated rings.